The SMILES string of the molecule is CCC(C)Nc1cc(N2CCN(CC)CC2)nc(C)n1. The summed E-state index contributed by atoms with van der Waals surface area (Å²) in [5, 5.41) is 3.44. The number of nitrogens with zero attached hydrogens (tertiary/aromatic N) is 4. The minimum Gasteiger partial charge on any atom is -0.367 e. The van der Waals surface area contributed by atoms with E-state index in [2.05, 4.69) is 51.9 Å². The molecule has 0 aliphatic carbocycles. The molecule has 112 valence electrons. The van der Waals surface area contributed by atoms with E-state index in [0.717, 1.165) is 56.6 Å². The van der Waals surface area contributed by atoms with Crippen molar-refractivity contribution in [2.45, 2.75) is 40.2 Å². The lowest BCUT2D eigenvalue weighted by Crippen LogP contribution is -2.46. The molecule has 5 nitrogen and oxygen atoms in total. The van der Waals surface area contributed by atoms with Crippen molar-refractivity contribution in [2.24, 2.45) is 0 Å². The van der Waals surface area contributed by atoms with Crippen LogP contribution in [0.5, 0.6) is 0 Å². The van der Waals surface area contributed by atoms with Crippen LogP contribution in [-0.2, 0) is 0 Å². The fraction of sp³-hybridized carbons (Fsp3) is 0.733. The van der Waals surface area contributed by atoms with Gasteiger partial charge < -0.3 is 15.1 Å². The molecule has 0 amide bonds. The molecular formula is C15H27N5. The van der Waals surface area contributed by atoms with Crippen LogP contribution in [0.3, 0.4) is 0 Å². The normalized spacial score (nSPS) is 18.1. The van der Waals surface area contributed by atoms with Crippen molar-refractivity contribution in [1.29, 1.82) is 0 Å². The van der Waals surface area contributed by atoms with Gasteiger partial charge in [-0.25, -0.2) is 9.97 Å². The quantitative estimate of drug-likeness (QED) is 0.893. The second kappa shape index (κ2) is 6.88. The number of anilines is 2. The summed E-state index contributed by atoms with van der Waals surface area (Å²) in [7, 11) is 0. The van der Waals surface area contributed by atoms with Crippen LogP contribution in [0.15, 0.2) is 6.07 Å². The second-order valence-electron chi connectivity index (χ2n) is 5.53. The Hall–Kier alpha value is -1.36. The van der Waals surface area contributed by atoms with Gasteiger partial charge in [-0.3, -0.25) is 0 Å². The van der Waals surface area contributed by atoms with Gasteiger partial charge in [-0.15, -0.1) is 0 Å². The first kappa shape index (κ1) is 15.0. The number of likely N-dealkylation sites (N-methyl/N-ethyl adjacent to an activating group) is 1. The zero-order valence-corrected chi connectivity index (χ0v) is 13.2. The Labute approximate surface area is 122 Å². The van der Waals surface area contributed by atoms with Gasteiger partial charge in [-0.05, 0) is 26.8 Å². The molecule has 1 aromatic heterocycles. The van der Waals surface area contributed by atoms with Crippen LogP contribution >= 0.6 is 0 Å². The average molecular weight is 277 g/mol. The fourth-order valence-corrected chi connectivity index (χ4v) is 2.44. The molecule has 0 saturated carbocycles. The van der Waals surface area contributed by atoms with Crippen molar-refractivity contribution in [3.8, 4) is 0 Å². The summed E-state index contributed by atoms with van der Waals surface area (Å²) in [6.07, 6.45) is 1.09. The van der Waals surface area contributed by atoms with Crippen molar-refractivity contribution >= 4 is 11.6 Å². The maximum Gasteiger partial charge on any atom is 0.134 e. The van der Waals surface area contributed by atoms with Crippen LogP contribution in [0.4, 0.5) is 11.6 Å². The number of hydrogen-bond acceptors (Lipinski definition) is 5. The van der Waals surface area contributed by atoms with E-state index >= 15 is 0 Å². The van der Waals surface area contributed by atoms with Crippen LogP contribution < -0.4 is 10.2 Å². The molecule has 2 rings (SSSR count). The van der Waals surface area contributed by atoms with E-state index in [1.807, 2.05) is 6.92 Å². The Morgan fingerprint density at radius 2 is 1.90 bits per heavy atom. The van der Waals surface area contributed by atoms with Crippen molar-refractivity contribution in [3.63, 3.8) is 0 Å². The fourth-order valence-electron chi connectivity index (χ4n) is 2.44. The summed E-state index contributed by atoms with van der Waals surface area (Å²) in [6.45, 7) is 14.0. The maximum absolute atomic E-state index is 4.60. The number of nitrogens with one attached hydrogen (secondary N) is 1. The van der Waals surface area contributed by atoms with Gasteiger partial charge >= 0.3 is 0 Å². The van der Waals surface area contributed by atoms with E-state index in [1.54, 1.807) is 0 Å². The summed E-state index contributed by atoms with van der Waals surface area (Å²) in [6, 6.07) is 2.52. The van der Waals surface area contributed by atoms with Gasteiger partial charge in [0.1, 0.15) is 17.5 Å². The van der Waals surface area contributed by atoms with E-state index < -0.39 is 0 Å². The third-order valence-corrected chi connectivity index (χ3v) is 3.97. The molecule has 1 aliphatic rings. The van der Waals surface area contributed by atoms with E-state index in [-0.39, 0.29) is 0 Å². The highest BCUT2D eigenvalue weighted by Gasteiger charge is 2.17. The number of hydrogen-bond donors (Lipinski definition) is 1. The van der Waals surface area contributed by atoms with Gasteiger partial charge in [0.2, 0.25) is 0 Å². The van der Waals surface area contributed by atoms with Gasteiger partial charge in [0.15, 0.2) is 0 Å². The molecule has 0 spiro atoms. The molecule has 0 bridgehead atoms. The Bertz CT molecular complexity index is 426. The number of piperazine rings is 1. The van der Waals surface area contributed by atoms with Crippen molar-refractivity contribution < 1.29 is 0 Å². The molecule has 1 atom stereocenters. The highest BCUT2D eigenvalue weighted by molar-refractivity contribution is 5.50. The van der Waals surface area contributed by atoms with Crippen LogP contribution in [0, 0.1) is 6.92 Å². The van der Waals surface area contributed by atoms with Gasteiger partial charge in [0, 0.05) is 38.3 Å². The molecule has 5 heteroatoms. The van der Waals surface area contributed by atoms with Crippen LogP contribution in [0.1, 0.15) is 33.0 Å². The first-order valence-corrected chi connectivity index (χ1v) is 7.72. The Balaban J connectivity index is 2.08. The van der Waals surface area contributed by atoms with E-state index in [0.29, 0.717) is 6.04 Å². The summed E-state index contributed by atoms with van der Waals surface area (Å²) < 4.78 is 0. The van der Waals surface area contributed by atoms with Crippen molar-refractivity contribution in [1.82, 2.24) is 14.9 Å². The topological polar surface area (TPSA) is 44.3 Å². The van der Waals surface area contributed by atoms with Crippen LogP contribution in [-0.4, -0.2) is 53.6 Å². The van der Waals surface area contributed by atoms with E-state index in [4.69, 9.17) is 0 Å². The van der Waals surface area contributed by atoms with E-state index in [1.165, 1.54) is 0 Å². The average Bonchev–Trinajstić information content (AvgIpc) is 2.46. The van der Waals surface area contributed by atoms with Gasteiger partial charge in [-0.1, -0.05) is 13.8 Å². The second-order valence-corrected chi connectivity index (χ2v) is 5.53. The number of aromatic nitrogens is 2. The van der Waals surface area contributed by atoms with Gasteiger partial charge in [0.25, 0.3) is 0 Å². The van der Waals surface area contributed by atoms with Crippen molar-refractivity contribution in [2.75, 3.05) is 42.9 Å². The minimum absolute atomic E-state index is 0.439. The first-order chi connectivity index (χ1) is 9.62. The lowest BCUT2D eigenvalue weighted by Gasteiger charge is -2.35. The van der Waals surface area contributed by atoms with E-state index in [9.17, 15) is 0 Å². The maximum atomic E-state index is 4.60. The molecule has 1 aromatic rings. The lowest BCUT2D eigenvalue weighted by molar-refractivity contribution is 0.270. The molecule has 1 N–H and O–H groups in total. The van der Waals surface area contributed by atoms with Gasteiger partial charge in [-0.2, -0.15) is 0 Å². The predicted octanol–water partition coefficient (Wildman–Crippen LogP) is 2.14. The summed E-state index contributed by atoms with van der Waals surface area (Å²) >= 11 is 0. The molecule has 2 heterocycles. The first-order valence-electron chi connectivity index (χ1n) is 7.72. The predicted molar refractivity (Wildman–Crippen MR) is 84.5 cm³/mol. The Morgan fingerprint density at radius 1 is 1.20 bits per heavy atom. The van der Waals surface area contributed by atoms with Gasteiger partial charge in [0.05, 0.1) is 0 Å². The number of rotatable bonds is 5. The third kappa shape index (κ3) is 3.82. The molecule has 0 radical (unpaired) electrons. The third-order valence-electron chi connectivity index (χ3n) is 3.97. The standard InChI is InChI=1S/C15H27N5/c1-5-12(3)16-14-11-15(18-13(4)17-14)20-9-7-19(6-2)8-10-20/h11-12H,5-10H2,1-4H3,(H,16,17,18). The number of aryl methyl sites for hydroxylation is 1. The zero-order valence-electron chi connectivity index (χ0n) is 13.2. The molecule has 1 aliphatic heterocycles. The lowest BCUT2D eigenvalue weighted by atomic mass is 10.2. The summed E-state index contributed by atoms with van der Waals surface area (Å²) in [5.74, 6) is 2.84. The molecular weight excluding hydrogens is 250 g/mol. The molecule has 1 saturated heterocycles. The highest BCUT2D eigenvalue weighted by atomic mass is 15.3. The van der Waals surface area contributed by atoms with Crippen LogP contribution in [0.2, 0.25) is 0 Å². The minimum atomic E-state index is 0.439. The largest absolute Gasteiger partial charge is 0.367 e. The summed E-state index contributed by atoms with van der Waals surface area (Å²) in [5.41, 5.74) is 0. The van der Waals surface area contributed by atoms with Crippen LogP contribution in [0.25, 0.3) is 0 Å². The smallest absolute Gasteiger partial charge is 0.134 e. The molecule has 0 aromatic carbocycles. The van der Waals surface area contributed by atoms with Crippen molar-refractivity contribution in [3.05, 3.63) is 11.9 Å². The Morgan fingerprint density at radius 3 is 2.50 bits per heavy atom. The zero-order chi connectivity index (χ0) is 14.5. The monoisotopic (exact) mass is 277 g/mol. The Kier molecular flexibility index (Phi) is 5.17. The molecule has 1 fully saturated rings. The highest BCUT2D eigenvalue weighted by Crippen LogP contribution is 2.18. The summed E-state index contributed by atoms with van der Waals surface area (Å²) in [4.78, 5) is 13.9. The molecule has 20 heavy (non-hydrogen) atoms. The molecule has 1 unspecified atom stereocenters.